The molecule has 1 aromatic carbocycles. The zero-order chi connectivity index (χ0) is 20.4. The number of hydrogen-bond acceptors (Lipinski definition) is 6. The minimum absolute atomic E-state index is 0.0139. The number of phenols is 1. The second-order valence-electron chi connectivity index (χ2n) is 6.91. The topological polar surface area (TPSA) is 105 Å². The monoisotopic (exact) mass is 391 g/mol. The number of carbonyl (C=O) groups is 1. The van der Waals surface area contributed by atoms with Gasteiger partial charge in [0.25, 0.3) is 5.91 Å². The van der Waals surface area contributed by atoms with Gasteiger partial charge in [-0.25, -0.2) is 9.97 Å². The highest BCUT2D eigenvalue weighted by Gasteiger charge is 2.15. The molecular weight excluding hydrogens is 370 g/mol. The van der Waals surface area contributed by atoms with Gasteiger partial charge in [0, 0.05) is 24.0 Å². The molecule has 0 aliphatic heterocycles. The van der Waals surface area contributed by atoms with Crippen molar-refractivity contribution in [3.63, 3.8) is 0 Å². The van der Waals surface area contributed by atoms with Crippen molar-refractivity contribution < 1.29 is 14.3 Å². The molecule has 0 saturated heterocycles. The number of phenolic OH excluding ortho intramolecular Hbond substituents is 1. The Morgan fingerprint density at radius 3 is 2.86 bits per heavy atom. The predicted molar refractivity (Wildman–Crippen MR) is 109 cm³/mol. The summed E-state index contributed by atoms with van der Waals surface area (Å²) in [7, 11) is 0. The van der Waals surface area contributed by atoms with Crippen LogP contribution < -0.4 is 10.6 Å². The van der Waals surface area contributed by atoms with Gasteiger partial charge in [0.1, 0.15) is 11.5 Å². The standard InChI is InChI=1S/C21H21N5O3/c1-13(2)25-21(28)16-6-5-14(10-18(16)27)17-12-24-20-19(22-7-8-26(17)20)23-11-15-4-3-9-29-15/h3-10,12-13,27H,11H2,1-2H3,(H,22,23)(H,25,28). The number of furan rings is 1. The molecule has 4 aromatic rings. The van der Waals surface area contributed by atoms with E-state index in [1.54, 1.807) is 43.1 Å². The van der Waals surface area contributed by atoms with E-state index >= 15 is 0 Å². The summed E-state index contributed by atoms with van der Waals surface area (Å²) in [5, 5.41) is 16.4. The van der Waals surface area contributed by atoms with Gasteiger partial charge in [-0.1, -0.05) is 6.07 Å². The molecule has 0 aliphatic rings. The fourth-order valence-corrected chi connectivity index (χ4v) is 3.06. The van der Waals surface area contributed by atoms with Crippen LogP contribution in [0.25, 0.3) is 16.9 Å². The molecular formula is C21H21N5O3. The quantitative estimate of drug-likeness (QED) is 0.465. The number of carbonyl (C=O) groups excluding carboxylic acids is 1. The highest BCUT2D eigenvalue weighted by molar-refractivity contribution is 5.97. The third-order valence-electron chi connectivity index (χ3n) is 4.40. The van der Waals surface area contributed by atoms with Gasteiger partial charge >= 0.3 is 0 Å². The number of rotatable bonds is 6. The van der Waals surface area contributed by atoms with Crippen molar-refractivity contribution in [1.82, 2.24) is 19.7 Å². The summed E-state index contributed by atoms with van der Waals surface area (Å²) in [5.74, 6) is 1.02. The summed E-state index contributed by atoms with van der Waals surface area (Å²) < 4.78 is 7.21. The van der Waals surface area contributed by atoms with E-state index in [-0.39, 0.29) is 23.3 Å². The lowest BCUT2D eigenvalue weighted by Gasteiger charge is -2.11. The molecule has 8 heteroatoms. The van der Waals surface area contributed by atoms with Crippen molar-refractivity contribution in [3.05, 3.63) is 66.5 Å². The van der Waals surface area contributed by atoms with Gasteiger partial charge in [0.2, 0.25) is 0 Å². The van der Waals surface area contributed by atoms with Crippen molar-refractivity contribution >= 4 is 17.4 Å². The Kier molecular flexibility index (Phi) is 4.90. The molecule has 4 rings (SSSR count). The molecule has 0 atom stereocenters. The van der Waals surface area contributed by atoms with Gasteiger partial charge in [0.15, 0.2) is 11.5 Å². The maximum absolute atomic E-state index is 12.2. The zero-order valence-electron chi connectivity index (χ0n) is 16.1. The number of hydrogen-bond donors (Lipinski definition) is 3. The van der Waals surface area contributed by atoms with Crippen molar-refractivity contribution in [3.8, 4) is 17.0 Å². The molecule has 148 valence electrons. The Morgan fingerprint density at radius 2 is 2.14 bits per heavy atom. The fourth-order valence-electron chi connectivity index (χ4n) is 3.06. The van der Waals surface area contributed by atoms with Gasteiger partial charge in [-0.05, 0) is 38.1 Å². The summed E-state index contributed by atoms with van der Waals surface area (Å²) >= 11 is 0. The summed E-state index contributed by atoms with van der Waals surface area (Å²) in [5.41, 5.74) is 2.39. The molecule has 0 saturated carbocycles. The second-order valence-corrected chi connectivity index (χ2v) is 6.91. The van der Waals surface area contributed by atoms with E-state index in [9.17, 15) is 9.90 Å². The van der Waals surface area contributed by atoms with Crippen LogP contribution in [0.2, 0.25) is 0 Å². The molecule has 3 heterocycles. The Hall–Kier alpha value is -3.81. The first kappa shape index (κ1) is 18.5. The molecule has 1 amide bonds. The Bertz CT molecular complexity index is 1150. The number of benzene rings is 1. The van der Waals surface area contributed by atoms with Crippen LogP contribution >= 0.6 is 0 Å². The smallest absolute Gasteiger partial charge is 0.255 e. The van der Waals surface area contributed by atoms with Gasteiger partial charge < -0.3 is 20.2 Å². The van der Waals surface area contributed by atoms with Crippen LogP contribution in [0.5, 0.6) is 5.75 Å². The Morgan fingerprint density at radius 1 is 1.28 bits per heavy atom. The lowest BCUT2D eigenvalue weighted by atomic mass is 10.1. The maximum Gasteiger partial charge on any atom is 0.255 e. The SMILES string of the molecule is CC(C)NC(=O)c1ccc(-c2cnc3c(NCc4ccco4)nccn23)cc1O. The summed E-state index contributed by atoms with van der Waals surface area (Å²) in [6.07, 6.45) is 6.80. The average Bonchev–Trinajstić information content (AvgIpc) is 3.35. The number of aromatic nitrogens is 3. The third-order valence-corrected chi connectivity index (χ3v) is 4.40. The van der Waals surface area contributed by atoms with Crippen LogP contribution in [-0.4, -0.2) is 31.4 Å². The highest BCUT2D eigenvalue weighted by Crippen LogP contribution is 2.28. The number of amides is 1. The number of anilines is 1. The first-order chi connectivity index (χ1) is 14.0. The van der Waals surface area contributed by atoms with Crippen LogP contribution in [-0.2, 0) is 6.54 Å². The molecule has 0 aliphatic carbocycles. The summed E-state index contributed by atoms with van der Waals surface area (Å²) in [6.45, 7) is 4.23. The molecule has 0 radical (unpaired) electrons. The van der Waals surface area contributed by atoms with E-state index < -0.39 is 0 Å². The number of aromatic hydroxyl groups is 1. The highest BCUT2D eigenvalue weighted by atomic mass is 16.3. The molecule has 3 N–H and O–H groups in total. The summed E-state index contributed by atoms with van der Waals surface area (Å²) in [4.78, 5) is 21.0. The Labute approximate surface area is 167 Å². The lowest BCUT2D eigenvalue weighted by Crippen LogP contribution is -2.30. The zero-order valence-corrected chi connectivity index (χ0v) is 16.1. The van der Waals surface area contributed by atoms with E-state index in [4.69, 9.17) is 4.42 Å². The van der Waals surface area contributed by atoms with Gasteiger partial charge in [0.05, 0.1) is 30.3 Å². The van der Waals surface area contributed by atoms with Crippen LogP contribution in [0.15, 0.2) is 59.6 Å². The van der Waals surface area contributed by atoms with Crippen molar-refractivity contribution in [2.45, 2.75) is 26.4 Å². The third kappa shape index (κ3) is 3.77. The van der Waals surface area contributed by atoms with E-state index in [1.807, 2.05) is 30.4 Å². The van der Waals surface area contributed by atoms with Gasteiger partial charge in [-0.3, -0.25) is 9.20 Å². The fraction of sp³-hybridized carbons (Fsp3) is 0.190. The number of imidazole rings is 1. The first-order valence-corrected chi connectivity index (χ1v) is 9.25. The van der Waals surface area contributed by atoms with E-state index in [2.05, 4.69) is 20.6 Å². The van der Waals surface area contributed by atoms with Crippen molar-refractivity contribution in [1.29, 1.82) is 0 Å². The van der Waals surface area contributed by atoms with Crippen LogP contribution in [0, 0.1) is 0 Å². The van der Waals surface area contributed by atoms with E-state index in [1.165, 1.54) is 0 Å². The Balaban J connectivity index is 1.63. The molecule has 0 bridgehead atoms. The van der Waals surface area contributed by atoms with E-state index in [0.29, 0.717) is 18.0 Å². The molecule has 8 nitrogen and oxygen atoms in total. The van der Waals surface area contributed by atoms with Crippen molar-refractivity contribution in [2.75, 3.05) is 5.32 Å². The summed E-state index contributed by atoms with van der Waals surface area (Å²) in [6, 6.07) is 8.66. The van der Waals surface area contributed by atoms with Crippen LogP contribution in [0.4, 0.5) is 5.82 Å². The maximum atomic E-state index is 12.2. The second kappa shape index (κ2) is 7.67. The molecule has 3 aromatic heterocycles. The van der Waals surface area contributed by atoms with Gasteiger partial charge in [-0.15, -0.1) is 0 Å². The molecule has 29 heavy (non-hydrogen) atoms. The van der Waals surface area contributed by atoms with Crippen LogP contribution in [0.3, 0.4) is 0 Å². The van der Waals surface area contributed by atoms with E-state index in [0.717, 1.165) is 17.0 Å². The average molecular weight is 391 g/mol. The minimum Gasteiger partial charge on any atom is -0.507 e. The largest absolute Gasteiger partial charge is 0.507 e. The van der Waals surface area contributed by atoms with Crippen LogP contribution in [0.1, 0.15) is 30.0 Å². The molecule has 0 unspecified atom stereocenters. The first-order valence-electron chi connectivity index (χ1n) is 9.25. The minimum atomic E-state index is -0.309. The predicted octanol–water partition coefficient (Wildman–Crippen LogP) is 3.45. The number of nitrogens with one attached hydrogen (secondary N) is 2. The van der Waals surface area contributed by atoms with Crippen molar-refractivity contribution in [2.24, 2.45) is 0 Å². The lowest BCUT2D eigenvalue weighted by molar-refractivity contribution is 0.0940. The number of nitrogens with zero attached hydrogens (tertiary/aromatic N) is 3. The van der Waals surface area contributed by atoms with Gasteiger partial charge in [-0.2, -0.15) is 0 Å². The normalized spacial score (nSPS) is 11.1. The molecule has 0 fully saturated rings. The number of fused-ring (bicyclic) bond motifs is 1. The molecule has 0 spiro atoms.